The van der Waals surface area contributed by atoms with Crippen LogP contribution in [0.3, 0.4) is 0 Å². The van der Waals surface area contributed by atoms with Gasteiger partial charge in [0.25, 0.3) is 5.91 Å². The second kappa shape index (κ2) is 15.8. The Labute approximate surface area is 242 Å². The van der Waals surface area contributed by atoms with Gasteiger partial charge in [-0.15, -0.1) is 0 Å². The zero-order chi connectivity index (χ0) is 28.9. The maximum absolute atomic E-state index is 12.2. The van der Waals surface area contributed by atoms with Gasteiger partial charge in [0.15, 0.2) is 0 Å². The molecule has 3 N–H and O–H groups in total. The smallest absolute Gasteiger partial charge is 0.252 e. The van der Waals surface area contributed by atoms with Crippen molar-refractivity contribution in [1.82, 2.24) is 20.5 Å². The van der Waals surface area contributed by atoms with Crippen molar-refractivity contribution in [3.63, 3.8) is 0 Å². The van der Waals surface area contributed by atoms with E-state index in [0.29, 0.717) is 62.3 Å². The standard InChI is InChI=1S/C29H33N5O6S/c1-30-29(36)23-5-3-4-6-26(23)41-21-8-9-22-25(17-21)33-34-28(22)24-10-7-20(18-31-24)32-27(35)19-40-16-15-39-14-13-38-12-11-37-2/h3-10,17-18H,11-16,19H2,1-2H3,(H,30,36)(H,32,35)(H,33,34). The van der Waals surface area contributed by atoms with Crippen LogP contribution in [0, 0.1) is 0 Å². The first-order chi connectivity index (χ1) is 20.1. The number of aromatic amines is 1. The number of nitrogens with one attached hydrogen (secondary N) is 3. The molecule has 0 radical (unpaired) electrons. The Morgan fingerprint density at radius 2 is 1.68 bits per heavy atom. The molecule has 0 unspecified atom stereocenters. The van der Waals surface area contributed by atoms with E-state index in [-0.39, 0.29) is 18.4 Å². The zero-order valence-electron chi connectivity index (χ0n) is 23.0. The Kier molecular flexibility index (Phi) is 11.7. The van der Waals surface area contributed by atoms with Gasteiger partial charge >= 0.3 is 0 Å². The summed E-state index contributed by atoms with van der Waals surface area (Å²) in [7, 11) is 3.24. The molecular formula is C29H33N5O6S. The van der Waals surface area contributed by atoms with Gasteiger partial charge in [-0.1, -0.05) is 23.9 Å². The molecule has 0 aliphatic rings. The van der Waals surface area contributed by atoms with E-state index in [0.717, 1.165) is 20.7 Å². The SMILES string of the molecule is CNC(=O)c1ccccc1Sc1ccc2c(-c3ccc(NC(=O)COCCOCCOCCOC)cn3)n[nH]c2c1. The van der Waals surface area contributed by atoms with Crippen molar-refractivity contribution in [2.75, 3.05) is 65.7 Å². The highest BCUT2D eigenvalue weighted by Gasteiger charge is 2.14. The molecule has 2 aromatic carbocycles. The first-order valence-electron chi connectivity index (χ1n) is 13.0. The number of hydrogen-bond acceptors (Lipinski definition) is 9. The van der Waals surface area contributed by atoms with Crippen molar-refractivity contribution in [3.8, 4) is 11.4 Å². The van der Waals surface area contributed by atoms with Crippen LogP contribution in [0.5, 0.6) is 0 Å². The lowest BCUT2D eigenvalue weighted by Gasteiger charge is -2.08. The number of hydrogen-bond donors (Lipinski definition) is 3. The molecule has 0 atom stereocenters. The van der Waals surface area contributed by atoms with E-state index in [1.54, 1.807) is 38.6 Å². The Morgan fingerprint density at radius 1 is 0.927 bits per heavy atom. The number of anilines is 1. The van der Waals surface area contributed by atoms with Crippen LogP contribution in [0.4, 0.5) is 5.69 Å². The van der Waals surface area contributed by atoms with Crippen LogP contribution in [-0.2, 0) is 23.7 Å². The normalized spacial score (nSPS) is 11.1. The number of pyridine rings is 1. The molecule has 2 amide bonds. The van der Waals surface area contributed by atoms with Gasteiger partial charge in [0.2, 0.25) is 5.91 Å². The number of rotatable bonds is 16. The summed E-state index contributed by atoms with van der Waals surface area (Å²) < 4.78 is 20.9. The monoisotopic (exact) mass is 579 g/mol. The minimum absolute atomic E-state index is 0.0899. The highest BCUT2D eigenvalue weighted by molar-refractivity contribution is 7.99. The van der Waals surface area contributed by atoms with Crippen LogP contribution in [0.15, 0.2) is 70.6 Å². The molecule has 12 heteroatoms. The van der Waals surface area contributed by atoms with E-state index < -0.39 is 0 Å². The predicted molar refractivity (Wildman–Crippen MR) is 156 cm³/mol. The van der Waals surface area contributed by atoms with Crippen LogP contribution in [-0.4, -0.2) is 87.4 Å². The first-order valence-corrected chi connectivity index (χ1v) is 13.9. The summed E-state index contributed by atoms with van der Waals surface area (Å²) in [4.78, 5) is 30.7. The second-order valence-corrected chi connectivity index (χ2v) is 9.82. The van der Waals surface area contributed by atoms with Gasteiger partial charge in [-0.25, -0.2) is 0 Å². The average Bonchev–Trinajstić information content (AvgIpc) is 3.41. The summed E-state index contributed by atoms with van der Waals surface area (Å²) in [6.07, 6.45) is 1.58. The van der Waals surface area contributed by atoms with Crippen LogP contribution < -0.4 is 10.6 Å². The van der Waals surface area contributed by atoms with Gasteiger partial charge in [-0.2, -0.15) is 5.10 Å². The van der Waals surface area contributed by atoms with Crippen molar-refractivity contribution in [2.24, 2.45) is 0 Å². The third kappa shape index (κ3) is 8.84. The first kappa shape index (κ1) is 30.2. The van der Waals surface area contributed by atoms with Gasteiger partial charge in [-0.05, 0) is 42.5 Å². The number of benzene rings is 2. The van der Waals surface area contributed by atoms with Gasteiger partial charge in [0.1, 0.15) is 12.3 Å². The van der Waals surface area contributed by atoms with Gasteiger partial charge in [0.05, 0.1) is 68.3 Å². The summed E-state index contributed by atoms with van der Waals surface area (Å²) in [6, 6.07) is 17.0. The number of aromatic nitrogens is 3. The molecule has 2 heterocycles. The highest BCUT2D eigenvalue weighted by atomic mass is 32.2. The summed E-state index contributed by atoms with van der Waals surface area (Å²) in [5.41, 5.74) is 3.39. The van der Waals surface area contributed by atoms with E-state index >= 15 is 0 Å². The van der Waals surface area contributed by atoms with Gasteiger partial charge in [-0.3, -0.25) is 19.7 Å². The summed E-state index contributed by atoms with van der Waals surface area (Å²) in [6.45, 7) is 2.60. The van der Waals surface area contributed by atoms with E-state index in [4.69, 9.17) is 18.9 Å². The van der Waals surface area contributed by atoms with E-state index in [1.165, 1.54) is 11.8 Å². The maximum Gasteiger partial charge on any atom is 0.252 e. The average molecular weight is 580 g/mol. The number of methoxy groups -OCH3 is 1. The summed E-state index contributed by atoms with van der Waals surface area (Å²) in [5.74, 6) is -0.409. The van der Waals surface area contributed by atoms with Gasteiger partial charge < -0.3 is 29.6 Å². The molecule has 0 aliphatic carbocycles. The van der Waals surface area contributed by atoms with Gasteiger partial charge in [0, 0.05) is 29.3 Å². The Bertz CT molecular complexity index is 1430. The lowest BCUT2D eigenvalue weighted by atomic mass is 10.1. The van der Waals surface area contributed by atoms with Crippen LogP contribution in [0.1, 0.15) is 10.4 Å². The third-order valence-electron chi connectivity index (χ3n) is 5.82. The number of ether oxygens (including phenoxy) is 4. The Balaban J connectivity index is 1.26. The second-order valence-electron chi connectivity index (χ2n) is 8.71. The van der Waals surface area contributed by atoms with Crippen molar-refractivity contribution < 1.29 is 28.5 Å². The minimum Gasteiger partial charge on any atom is -0.382 e. The maximum atomic E-state index is 12.2. The fourth-order valence-corrected chi connectivity index (χ4v) is 4.80. The van der Waals surface area contributed by atoms with E-state index in [1.807, 2.05) is 36.4 Å². The summed E-state index contributed by atoms with van der Waals surface area (Å²) in [5, 5.41) is 13.9. The third-order valence-corrected chi connectivity index (χ3v) is 6.89. The topological polar surface area (TPSA) is 137 Å². The lowest BCUT2D eigenvalue weighted by molar-refractivity contribution is -0.121. The molecule has 216 valence electrons. The molecular weight excluding hydrogens is 546 g/mol. The molecule has 4 aromatic rings. The minimum atomic E-state index is -0.282. The number of carbonyl (C=O) groups excluding carboxylic acids is 2. The molecule has 0 saturated carbocycles. The molecule has 0 saturated heterocycles. The summed E-state index contributed by atoms with van der Waals surface area (Å²) >= 11 is 1.51. The van der Waals surface area contributed by atoms with Crippen LogP contribution in [0.25, 0.3) is 22.3 Å². The molecule has 11 nitrogen and oxygen atoms in total. The number of H-pyrrole nitrogens is 1. The molecule has 0 fully saturated rings. The molecule has 2 aromatic heterocycles. The molecule has 41 heavy (non-hydrogen) atoms. The largest absolute Gasteiger partial charge is 0.382 e. The number of amides is 2. The molecule has 0 bridgehead atoms. The highest BCUT2D eigenvalue weighted by Crippen LogP contribution is 2.34. The Hall–Kier alpha value is -3.81. The van der Waals surface area contributed by atoms with Crippen molar-refractivity contribution in [1.29, 1.82) is 0 Å². The fourth-order valence-electron chi connectivity index (χ4n) is 3.81. The Morgan fingerprint density at radius 3 is 2.41 bits per heavy atom. The fraction of sp³-hybridized carbons (Fsp3) is 0.310. The van der Waals surface area contributed by atoms with Crippen molar-refractivity contribution >= 4 is 40.2 Å². The molecule has 4 rings (SSSR count). The van der Waals surface area contributed by atoms with Crippen LogP contribution in [0.2, 0.25) is 0 Å². The van der Waals surface area contributed by atoms with Crippen molar-refractivity contribution in [2.45, 2.75) is 9.79 Å². The molecule has 0 spiro atoms. The number of fused-ring (bicyclic) bond motifs is 1. The van der Waals surface area contributed by atoms with E-state index in [9.17, 15) is 9.59 Å². The lowest BCUT2D eigenvalue weighted by Crippen LogP contribution is -2.20. The quantitative estimate of drug-likeness (QED) is 0.169. The van der Waals surface area contributed by atoms with Crippen LogP contribution >= 0.6 is 11.8 Å². The zero-order valence-corrected chi connectivity index (χ0v) is 23.8. The van der Waals surface area contributed by atoms with E-state index in [2.05, 4.69) is 25.8 Å². The number of carbonyl (C=O) groups is 2. The number of nitrogens with zero attached hydrogens (tertiary/aromatic N) is 2. The predicted octanol–water partition coefficient (Wildman–Crippen LogP) is 3.77. The van der Waals surface area contributed by atoms with Crippen molar-refractivity contribution in [3.05, 3.63) is 66.4 Å². The molecule has 0 aliphatic heterocycles.